The van der Waals surface area contributed by atoms with E-state index in [0.29, 0.717) is 0 Å². The van der Waals surface area contributed by atoms with Crippen molar-refractivity contribution in [2.45, 2.75) is 54.0 Å². The fraction of sp³-hybridized carbons (Fsp3) is 0.455. The average molecular weight is 403 g/mol. The second kappa shape index (κ2) is 8.93. The van der Waals surface area contributed by atoms with Gasteiger partial charge in [0.1, 0.15) is 0 Å². The van der Waals surface area contributed by atoms with Crippen molar-refractivity contribution in [1.82, 2.24) is 19.3 Å². The van der Waals surface area contributed by atoms with Crippen LogP contribution in [0.2, 0.25) is 0 Å². The summed E-state index contributed by atoms with van der Waals surface area (Å²) in [6, 6.07) is 8.31. The topological polar surface area (TPSA) is 55.9 Å². The molecule has 1 aromatic carbocycles. The quantitative estimate of drug-likeness (QED) is 0.612. The lowest BCUT2D eigenvalue weighted by atomic mass is 9.89. The molecule has 0 aliphatic rings. The number of hydrogen-bond acceptors (Lipinski definition) is 3. The van der Waals surface area contributed by atoms with Gasteiger partial charge in [-0.05, 0) is 50.7 Å². The number of hydrogen-bond donors (Lipinski definition) is 1. The van der Waals surface area contributed by atoms with Crippen molar-refractivity contribution < 1.29 is 5.11 Å². The molecule has 0 unspecified atom stereocenters. The monoisotopic (exact) mass is 402 g/mol. The largest absolute Gasteiger partial charge is 0.396 e. The number of para-hydroxylation sites is 1. The summed E-state index contributed by atoms with van der Waals surface area (Å²) >= 11 is 0. The van der Waals surface area contributed by atoms with Crippen LogP contribution in [0.1, 0.15) is 43.6 Å². The van der Waals surface area contributed by atoms with Gasteiger partial charge in [-0.25, -0.2) is 9.67 Å². The number of benzene rings is 1. The van der Waals surface area contributed by atoms with Gasteiger partial charge in [-0.1, -0.05) is 32.0 Å². The highest BCUT2D eigenvalue weighted by molar-refractivity contribution is 5.85. The number of aliphatic hydroxyl groups excluding tert-OH is 1. The van der Waals surface area contributed by atoms with E-state index < -0.39 is 0 Å². The Kier molecular flexibility index (Phi) is 7.07. The Morgan fingerprint density at radius 2 is 1.82 bits per heavy atom. The zero-order valence-electron chi connectivity index (χ0n) is 17.4. The van der Waals surface area contributed by atoms with Crippen LogP contribution in [0.15, 0.2) is 36.8 Å². The van der Waals surface area contributed by atoms with E-state index in [-0.39, 0.29) is 24.4 Å². The van der Waals surface area contributed by atoms with Crippen molar-refractivity contribution in [3.63, 3.8) is 0 Å². The Morgan fingerprint density at radius 1 is 1.11 bits per heavy atom. The molecule has 3 aromatic rings. The third-order valence-corrected chi connectivity index (χ3v) is 5.28. The minimum atomic E-state index is -0.0394. The lowest BCUT2D eigenvalue weighted by Gasteiger charge is -2.21. The number of aromatic nitrogens is 4. The van der Waals surface area contributed by atoms with Crippen molar-refractivity contribution in [3.05, 3.63) is 53.7 Å². The molecule has 1 N–H and O–H groups in total. The van der Waals surface area contributed by atoms with Gasteiger partial charge >= 0.3 is 0 Å². The Balaban J connectivity index is 0.00000280. The molecule has 0 bridgehead atoms. The van der Waals surface area contributed by atoms with Gasteiger partial charge in [0.25, 0.3) is 0 Å². The third kappa shape index (κ3) is 4.47. The molecule has 152 valence electrons. The first-order valence-corrected chi connectivity index (χ1v) is 9.57. The molecule has 0 aliphatic carbocycles. The summed E-state index contributed by atoms with van der Waals surface area (Å²) in [6.07, 6.45) is 5.80. The van der Waals surface area contributed by atoms with Crippen LogP contribution in [0.5, 0.6) is 0 Å². The molecule has 0 atom stereocenters. The molecule has 0 saturated carbocycles. The summed E-state index contributed by atoms with van der Waals surface area (Å²) < 4.78 is 4.23. The molecular formula is C22H31ClN4O. The minimum Gasteiger partial charge on any atom is -0.396 e. The molecule has 0 radical (unpaired) electrons. The number of aryl methyl sites for hydroxylation is 3. The molecule has 2 heterocycles. The first-order chi connectivity index (χ1) is 12.8. The lowest BCUT2D eigenvalue weighted by Crippen LogP contribution is -2.17. The van der Waals surface area contributed by atoms with Crippen LogP contribution in [-0.2, 0) is 6.54 Å². The molecule has 28 heavy (non-hydrogen) atoms. The van der Waals surface area contributed by atoms with Crippen molar-refractivity contribution in [2.75, 3.05) is 6.61 Å². The maximum Gasteiger partial charge on any atom is 0.0950 e. The van der Waals surface area contributed by atoms with Crippen molar-refractivity contribution >= 4 is 12.4 Å². The van der Waals surface area contributed by atoms with Gasteiger partial charge < -0.3 is 9.67 Å². The first kappa shape index (κ1) is 22.2. The summed E-state index contributed by atoms with van der Waals surface area (Å²) in [5, 5.41) is 14.3. The van der Waals surface area contributed by atoms with E-state index in [4.69, 9.17) is 5.10 Å². The average Bonchev–Trinajstić information content (AvgIpc) is 3.19. The summed E-state index contributed by atoms with van der Waals surface area (Å²) in [5.41, 5.74) is 6.66. The normalized spacial score (nSPS) is 11.5. The van der Waals surface area contributed by atoms with Crippen LogP contribution >= 0.6 is 12.4 Å². The summed E-state index contributed by atoms with van der Waals surface area (Å²) in [7, 11) is 0. The Hall–Kier alpha value is -2.11. The fourth-order valence-electron chi connectivity index (χ4n) is 3.56. The van der Waals surface area contributed by atoms with Crippen molar-refractivity contribution in [3.8, 4) is 16.9 Å². The standard InChI is InChI=1S/C22H30N4O.ClH/c1-16-9-6-7-10-19(16)26-18(3)21(17(2)24-26)20-13-23-15-25(20)12-8-11-22(4,5)14-27;/h6-7,9-10,13,15,27H,8,11-12,14H2,1-5H3;1H. The second-order valence-corrected chi connectivity index (χ2v) is 8.14. The van der Waals surface area contributed by atoms with Gasteiger partial charge in [0, 0.05) is 18.7 Å². The van der Waals surface area contributed by atoms with Crippen LogP contribution in [0, 0.1) is 26.2 Å². The maximum atomic E-state index is 9.46. The number of halogens is 1. The highest BCUT2D eigenvalue weighted by Crippen LogP contribution is 2.30. The van der Waals surface area contributed by atoms with E-state index in [2.05, 4.69) is 56.3 Å². The Morgan fingerprint density at radius 3 is 2.50 bits per heavy atom. The summed E-state index contributed by atoms with van der Waals surface area (Å²) in [4.78, 5) is 4.39. The molecule has 0 aliphatic heterocycles. The molecule has 5 nitrogen and oxygen atoms in total. The number of imidazole rings is 1. The van der Waals surface area contributed by atoms with Gasteiger partial charge in [0.05, 0.1) is 35.3 Å². The maximum absolute atomic E-state index is 9.46. The van der Waals surface area contributed by atoms with E-state index in [0.717, 1.165) is 47.7 Å². The number of nitrogens with zero attached hydrogens (tertiary/aromatic N) is 4. The molecular weight excluding hydrogens is 372 g/mol. The van der Waals surface area contributed by atoms with E-state index in [1.165, 1.54) is 5.56 Å². The van der Waals surface area contributed by atoms with Gasteiger partial charge in [-0.3, -0.25) is 0 Å². The van der Waals surface area contributed by atoms with E-state index in [1.54, 1.807) is 0 Å². The molecule has 0 spiro atoms. The SMILES string of the molecule is Cc1ccccc1-n1nc(C)c(-c2cncn2CCCC(C)(C)CO)c1C.Cl. The smallest absolute Gasteiger partial charge is 0.0950 e. The van der Waals surface area contributed by atoms with Crippen LogP contribution in [0.3, 0.4) is 0 Å². The summed E-state index contributed by atoms with van der Waals surface area (Å²) in [6.45, 7) is 11.6. The van der Waals surface area contributed by atoms with E-state index in [9.17, 15) is 5.11 Å². The van der Waals surface area contributed by atoms with Crippen LogP contribution in [0.4, 0.5) is 0 Å². The zero-order valence-corrected chi connectivity index (χ0v) is 18.3. The highest BCUT2D eigenvalue weighted by Gasteiger charge is 2.20. The van der Waals surface area contributed by atoms with Crippen LogP contribution in [-0.4, -0.2) is 31.0 Å². The Bertz CT molecular complexity index is 927. The Labute approximate surface area is 173 Å². The first-order valence-electron chi connectivity index (χ1n) is 9.57. The van der Waals surface area contributed by atoms with Gasteiger partial charge in [0.15, 0.2) is 0 Å². The van der Waals surface area contributed by atoms with Crippen molar-refractivity contribution in [2.24, 2.45) is 5.41 Å². The van der Waals surface area contributed by atoms with Crippen LogP contribution in [0.25, 0.3) is 16.9 Å². The highest BCUT2D eigenvalue weighted by atomic mass is 35.5. The molecule has 0 saturated heterocycles. The van der Waals surface area contributed by atoms with E-state index >= 15 is 0 Å². The molecule has 2 aromatic heterocycles. The summed E-state index contributed by atoms with van der Waals surface area (Å²) in [5.74, 6) is 0. The van der Waals surface area contributed by atoms with Gasteiger partial charge in [0.2, 0.25) is 0 Å². The molecule has 6 heteroatoms. The predicted molar refractivity (Wildman–Crippen MR) is 116 cm³/mol. The van der Waals surface area contributed by atoms with Crippen molar-refractivity contribution in [1.29, 1.82) is 0 Å². The third-order valence-electron chi connectivity index (χ3n) is 5.28. The fourth-order valence-corrected chi connectivity index (χ4v) is 3.56. The molecule has 0 amide bonds. The number of aliphatic hydroxyl groups is 1. The minimum absolute atomic E-state index is 0. The molecule has 0 fully saturated rings. The zero-order chi connectivity index (χ0) is 19.6. The van der Waals surface area contributed by atoms with Gasteiger partial charge in [-0.2, -0.15) is 5.10 Å². The van der Waals surface area contributed by atoms with Crippen LogP contribution < -0.4 is 0 Å². The molecule has 3 rings (SSSR count). The lowest BCUT2D eigenvalue weighted by molar-refractivity contribution is 0.146. The second-order valence-electron chi connectivity index (χ2n) is 8.14. The predicted octanol–water partition coefficient (Wildman–Crippen LogP) is 4.88. The van der Waals surface area contributed by atoms with E-state index in [1.807, 2.05) is 29.3 Å². The van der Waals surface area contributed by atoms with Gasteiger partial charge in [-0.15, -0.1) is 12.4 Å². The number of rotatable bonds is 7.